The second-order valence-electron chi connectivity index (χ2n) is 7.96. The number of hydrogen-bond acceptors (Lipinski definition) is 4. The van der Waals surface area contributed by atoms with Crippen LogP contribution in [0.2, 0.25) is 0 Å². The van der Waals surface area contributed by atoms with Gasteiger partial charge in [0.05, 0.1) is 10.4 Å². The van der Waals surface area contributed by atoms with E-state index in [0.29, 0.717) is 6.04 Å². The van der Waals surface area contributed by atoms with Crippen LogP contribution in [0.15, 0.2) is 65.0 Å². The smallest absolute Gasteiger partial charge is 0.227 e. The molecule has 0 N–H and O–H groups in total. The van der Waals surface area contributed by atoms with Crippen molar-refractivity contribution in [3.05, 3.63) is 71.3 Å². The Kier molecular flexibility index (Phi) is 5.62. The van der Waals surface area contributed by atoms with E-state index in [0.717, 1.165) is 41.4 Å². The molecule has 1 aromatic heterocycles. The molecule has 2 heterocycles. The van der Waals surface area contributed by atoms with Crippen LogP contribution >= 0.6 is 0 Å². The van der Waals surface area contributed by atoms with Crippen LogP contribution in [0.1, 0.15) is 35.7 Å². The van der Waals surface area contributed by atoms with Gasteiger partial charge in [0.2, 0.25) is 5.91 Å². The van der Waals surface area contributed by atoms with Crippen LogP contribution in [-0.4, -0.2) is 43.4 Å². The predicted octanol–water partition coefficient (Wildman–Crippen LogP) is 4.38. The minimum Gasteiger partial charge on any atom is -0.303 e. The number of fused-ring (bicyclic) bond motifs is 1. The molecular formula is C24H26N2O3S. The molecule has 0 saturated carbocycles. The van der Waals surface area contributed by atoms with E-state index in [-0.39, 0.29) is 10.8 Å². The summed E-state index contributed by atoms with van der Waals surface area (Å²) >= 11 is 0. The summed E-state index contributed by atoms with van der Waals surface area (Å²) in [4.78, 5) is 14.8. The summed E-state index contributed by atoms with van der Waals surface area (Å²) in [7, 11) is -1.36. The van der Waals surface area contributed by atoms with E-state index in [2.05, 4.69) is 11.9 Å². The van der Waals surface area contributed by atoms with Crippen LogP contribution in [-0.2, 0) is 16.3 Å². The predicted molar refractivity (Wildman–Crippen MR) is 120 cm³/mol. The molecule has 0 aliphatic carbocycles. The first-order chi connectivity index (χ1) is 14.3. The van der Waals surface area contributed by atoms with Gasteiger partial charge in [-0.15, -0.1) is 0 Å². The van der Waals surface area contributed by atoms with Crippen molar-refractivity contribution >= 4 is 32.7 Å². The van der Waals surface area contributed by atoms with E-state index in [1.54, 1.807) is 47.9 Å². The van der Waals surface area contributed by atoms with E-state index in [9.17, 15) is 13.2 Å². The summed E-state index contributed by atoms with van der Waals surface area (Å²) in [5.74, 6) is -0.0269. The van der Waals surface area contributed by atoms with Crippen molar-refractivity contribution < 1.29 is 13.2 Å². The molecule has 156 valence electrons. The number of benzene rings is 2. The van der Waals surface area contributed by atoms with Crippen molar-refractivity contribution in [2.75, 3.05) is 13.6 Å². The van der Waals surface area contributed by atoms with E-state index in [1.807, 2.05) is 24.4 Å². The van der Waals surface area contributed by atoms with Crippen LogP contribution in [0.25, 0.3) is 17.0 Å². The summed E-state index contributed by atoms with van der Waals surface area (Å²) in [5, 5.41) is 2.25. The molecule has 30 heavy (non-hydrogen) atoms. The maximum absolute atomic E-state index is 12.6. The van der Waals surface area contributed by atoms with E-state index in [1.165, 1.54) is 11.8 Å². The Morgan fingerprint density at radius 2 is 1.93 bits per heavy atom. The molecule has 1 aliphatic heterocycles. The Labute approximate surface area is 177 Å². The molecule has 5 nitrogen and oxygen atoms in total. The molecule has 1 atom stereocenters. The molecule has 0 radical (unpaired) electrons. The number of hydrogen-bond donors (Lipinski definition) is 0. The monoisotopic (exact) mass is 422 g/mol. The SMILES string of the molecule is CC(=O)n1cc(CC2CCCN2C)c2cc(C=CS(=O)(=O)c3ccccc3)ccc21. The standard InChI is InChI=1S/C24H26N2O3S/c1-18(27)26-17-20(16-21-7-6-13-25(21)2)23-15-19(10-11-24(23)26)12-14-30(28,29)22-8-4-3-5-9-22/h3-5,8-12,14-15,17,21H,6-7,13,16H2,1-2H3. The summed E-state index contributed by atoms with van der Waals surface area (Å²) in [5.41, 5.74) is 2.78. The lowest BCUT2D eigenvalue weighted by molar-refractivity contribution is 0.0941. The van der Waals surface area contributed by atoms with Crippen molar-refractivity contribution in [2.45, 2.75) is 37.1 Å². The Morgan fingerprint density at radius 1 is 1.17 bits per heavy atom. The topological polar surface area (TPSA) is 59.4 Å². The maximum Gasteiger partial charge on any atom is 0.227 e. The van der Waals surface area contributed by atoms with Gasteiger partial charge in [-0.1, -0.05) is 24.3 Å². The summed E-state index contributed by atoms with van der Waals surface area (Å²) < 4.78 is 26.8. The van der Waals surface area contributed by atoms with Crippen LogP contribution in [0.5, 0.6) is 0 Å². The third-order valence-corrected chi connectivity index (χ3v) is 7.31. The van der Waals surface area contributed by atoms with Gasteiger partial charge in [0.1, 0.15) is 0 Å². The van der Waals surface area contributed by atoms with Crippen LogP contribution < -0.4 is 0 Å². The second-order valence-corrected chi connectivity index (χ2v) is 9.80. The van der Waals surface area contributed by atoms with Gasteiger partial charge < -0.3 is 4.90 Å². The molecule has 0 spiro atoms. The molecule has 1 fully saturated rings. The zero-order valence-electron chi connectivity index (χ0n) is 17.3. The third kappa shape index (κ3) is 4.11. The van der Waals surface area contributed by atoms with Crippen molar-refractivity contribution in [3.8, 4) is 0 Å². The molecular weight excluding hydrogens is 396 g/mol. The average molecular weight is 423 g/mol. The number of likely N-dealkylation sites (N-methyl/N-ethyl adjacent to an activating group) is 1. The van der Waals surface area contributed by atoms with Crippen molar-refractivity contribution in [1.82, 2.24) is 9.47 Å². The fraction of sp³-hybridized carbons (Fsp3) is 0.292. The molecule has 0 amide bonds. The number of carbonyl (C=O) groups excluding carboxylic acids is 1. The van der Waals surface area contributed by atoms with Gasteiger partial charge >= 0.3 is 0 Å². The van der Waals surface area contributed by atoms with Crippen LogP contribution in [0.3, 0.4) is 0 Å². The highest BCUT2D eigenvalue weighted by Crippen LogP contribution is 2.28. The first kappa shape index (κ1) is 20.6. The number of sulfone groups is 1. The zero-order valence-corrected chi connectivity index (χ0v) is 18.1. The lowest BCUT2D eigenvalue weighted by Crippen LogP contribution is -2.26. The van der Waals surface area contributed by atoms with Crippen molar-refractivity contribution in [2.24, 2.45) is 0 Å². The van der Waals surface area contributed by atoms with Crippen molar-refractivity contribution in [3.63, 3.8) is 0 Å². The summed E-state index contributed by atoms with van der Waals surface area (Å²) in [6.07, 6.45) is 6.78. The van der Waals surface area contributed by atoms with E-state index in [4.69, 9.17) is 0 Å². The summed E-state index contributed by atoms with van der Waals surface area (Å²) in [6, 6.07) is 14.6. The highest BCUT2D eigenvalue weighted by Gasteiger charge is 2.23. The van der Waals surface area contributed by atoms with Gasteiger partial charge in [-0.25, -0.2) is 8.42 Å². The molecule has 1 unspecified atom stereocenters. The quantitative estimate of drug-likeness (QED) is 0.612. The van der Waals surface area contributed by atoms with Gasteiger partial charge in [-0.05, 0) is 74.3 Å². The average Bonchev–Trinajstić information content (AvgIpc) is 3.31. The third-order valence-electron chi connectivity index (χ3n) is 5.89. The molecule has 6 heteroatoms. The molecule has 2 aromatic carbocycles. The minimum absolute atomic E-state index is 0.0269. The lowest BCUT2D eigenvalue weighted by Gasteiger charge is -2.18. The van der Waals surface area contributed by atoms with Gasteiger partial charge in [0.25, 0.3) is 0 Å². The Bertz CT molecular complexity index is 1210. The number of rotatable bonds is 5. The molecule has 1 aliphatic rings. The van der Waals surface area contributed by atoms with Gasteiger partial charge in [-0.3, -0.25) is 9.36 Å². The zero-order chi connectivity index (χ0) is 21.3. The van der Waals surface area contributed by atoms with Gasteiger partial charge in [-0.2, -0.15) is 0 Å². The molecule has 0 bridgehead atoms. The lowest BCUT2D eigenvalue weighted by atomic mass is 10.0. The molecule has 4 rings (SSSR count). The highest BCUT2D eigenvalue weighted by molar-refractivity contribution is 7.94. The highest BCUT2D eigenvalue weighted by atomic mass is 32.2. The number of likely N-dealkylation sites (tertiary alicyclic amines) is 1. The second kappa shape index (κ2) is 8.20. The fourth-order valence-electron chi connectivity index (χ4n) is 4.19. The molecule has 1 saturated heterocycles. The largest absolute Gasteiger partial charge is 0.303 e. The van der Waals surface area contributed by atoms with Gasteiger partial charge in [0, 0.05) is 30.0 Å². The first-order valence-electron chi connectivity index (χ1n) is 10.2. The number of aromatic nitrogens is 1. The summed E-state index contributed by atoms with van der Waals surface area (Å²) in [6.45, 7) is 2.66. The Morgan fingerprint density at radius 3 is 2.60 bits per heavy atom. The number of carbonyl (C=O) groups is 1. The normalized spacial score (nSPS) is 17.9. The van der Waals surface area contributed by atoms with Crippen LogP contribution in [0, 0.1) is 0 Å². The first-order valence-corrected chi connectivity index (χ1v) is 11.7. The van der Waals surface area contributed by atoms with Crippen LogP contribution in [0.4, 0.5) is 0 Å². The Hall–Kier alpha value is -2.70. The minimum atomic E-state index is -3.50. The van der Waals surface area contributed by atoms with E-state index >= 15 is 0 Å². The van der Waals surface area contributed by atoms with E-state index < -0.39 is 9.84 Å². The van der Waals surface area contributed by atoms with Gasteiger partial charge in [0.15, 0.2) is 9.84 Å². The number of nitrogens with zero attached hydrogens (tertiary/aromatic N) is 2. The van der Waals surface area contributed by atoms with Crippen molar-refractivity contribution in [1.29, 1.82) is 0 Å². The fourth-order valence-corrected chi connectivity index (χ4v) is 5.22. The molecule has 3 aromatic rings. The Balaban J connectivity index is 1.70. The maximum atomic E-state index is 12.6.